The summed E-state index contributed by atoms with van der Waals surface area (Å²) in [6, 6.07) is 20.8. The van der Waals surface area contributed by atoms with E-state index in [1.165, 1.54) is 19.7 Å². The van der Waals surface area contributed by atoms with E-state index in [4.69, 9.17) is 21.1 Å². The van der Waals surface area contributed by atoms with Gasteiger partial charge in [-0.15, -0.1) is 0 Å². The van der Waals surface area contributed by atoms with Crippen LogP contribution in [0.4, 0.5) is 0 Å². The number of H-pyrrole nitrogens is 1. The monoisotopic (exact) mass is 741 g/mol. The lowest BCUT2D eigenvalue weighted by Crippen LogP contribution is -2.54. The lowest BCUT2D eigenvalue weighted by Gasteiger charge is -2.39. The number of aromatic nitrogens is 1. The van der Waals surface area contributed by atoms with Crippen LogP contribution in [0, 0.1) is 17.8 Å². The van der Waals surface area contributed by atoms with Gasteiger partial charge in [-0.25, -0.2) is 0 Å². The SMILES string of the molecule is C/C=C/c1ccccc1.CNC(=O)CNC(=O)C1CN(C(=O)Cc2c[nH]c3cc(Cl)ccc23)CC2CN(C(=O)c3ccc(OC(C)C)c(OC)c3)CC21. The normalized spacial score (nSPS) is 18.0. The molecule has 3 atom stereocenters. The Hall–Kier alpha value is -5.29. The van der Waals surface area contributed by atoms with Crippen molar-refractivity contribution in [3.63, 3.8) is 0 Å². The van der Waals surface area contributed by atoms with Crippen LogP contribution in [0.15, 0.2) is 79.0 Å². The fourth-order valence-electron chi connectivity index (χ4n) is 6.98. The zero-order chi connectivity index (χ0) is 38.1. The Labute approximate surface area is 315 Å². The molecular weight excluding hydrogens is 694 g/mol. The molecule has 4 amide bonds. The van der Waals surface area contributed by atoms with Crippen LogP contribution in [-0.2, 0) is 20.8 Å². The number of aromatic amines is 1. The van der Waals surface area contributed by atoms with E-state index in [1.54, 1.807) is 40.3 Å². The maximum absolute atomic E-state index is 13.7. The zero-order valence-corrected chi connectivity index (χ0v) is 31.6. The number of likely N-dealkylation sites (N-methyl/N-ethyl adjacent to an activating group) is 1. The molecule has 2 aliphatic rings. The highest BCUT2D eigenvalue weighted by Crippen LogP contribution is 2.37. The number of amides is 4. The molecule has 12 heteroatoms. The first-order chi connectivity index (χ1) is 25.5. The van der Waals surface area contributed by atoms with Crippen molar-refractivity contribution >= 4 is 52.2 Å². The molecule has 2 fully saturated rings. The highest BCUT2D eigenvalue weighted by atomic mass is 35.5. The molecule has 3 heterocycles. The number of likely N-dealkylation sites (tertiary alicyclic amines) is 2. The van der Waals surface area contributed by atoms with Gasteiger partial charge in [0.15, 0.2) is 11.5 Å². The van der Waals surface area contributed by atoms with Gasteiger partial charge in [0.05, 0.1) is 32.1 Å². The first kappa shape index (κ1) is 38.9. The molecular formula is C41H48ClN5O6. The summed E-state index contributed by atoms with van der Waals surface area (Å²) in [5, 5.41) is 6.74. The first-order valence-electron chi connectivity index (χ1n) is 17.8. The van der Waals surface area contributed by atoms with Crippen LogP contribution in [0.3, 0.4) is 0 Å². The van der Waals surface area contributed by atoms with Gasteiger partial charge in [-0.05, 0) is 74.1 Å². The summed E-state index contributed by atoms with van der Waals surface area (Å²) in [4.78, 5) is 59.2. The van der Waals surface area contributed by atoms with Crippen LogP contribution in [0.25, 0.3) is 17.0 Å². The van der Waals surface area contributed by atoms with Crippen molar-refractivity contribution < 1.29 is 28.7 Å². The maximum atomic E-state index is 13.7. The number of fused-ring (bicyclic) bond motifs is 2. The van der Waals surface area contributed by atoms with Gasteiger partial charge in [-0.3, -0.25) is 19.2 Å². The number of carbonyl (C=O) groups excluding carboxylic acids is 4. The van der Waals surface area contributed by atoms with Gasteiger partial charge in [-0.1, -0.05) is 60.2 Å². The van der Waals surface area contributed by atoms with Crippen LogP contribution in [0.5, 0.6) is 11.5 Å². The lowest BCUT2D eigenvalue weighted by atomic mass is 9.79. The minimum Gasteiger partial charge on any atom is -0.493 e. The number of carbonyl (C=O) groups is 4. The number of methoxy groups -OCH3 is 1. The van der Waals surface area contributed by atoms with Crippen LogP contribution >= 0.6 is 11.6 Å². The minimum absolute atomic E-state index is 0.0567. The lowest BCUT2D eigenvalue weighted by molar-refractivity contribution is -0.139. The van der Waals surface area contributed by atoms with Gasteiger partial charge in [-0.2, -0.15) is 0 Å². The number of halogens is 1. The fourth-order valence-corrected chi connectivity index (χ4v) is 7.15. The van der Waals surface area contributed by atoms with E-state index in [2.05, 4.69) is 33.8 Å². The van der Waals surface area contributed by atoms with Crippen molar-refractivity contribution in [3.05, 3.63) is 101 Å². The van der Waals surface area contributed by atoms with Gasteiger partial charge in [0.2, 0.25) is 17.7 Å². The summed E-state index contributed by atoms with van der Waals surface area (Å²) in [6.07, 6.45) is 6.02. The summed E-state index contributed by atoms with van der Waals surface area (Å²) in [5.41, 5.74) is 3.40. The summed E-state index contributed by atoms with van der Waals surface area (Å²) >= 11 is 6.12. The molecule has 3 N–H and O–H groups in total. The highest BCUT2D eigenvalue weighted by Gasteiger charge is 2.48. The highest BCUT2D eigenvalue weighted by molar-refractivity contribution is 6.31. The molecule has 3 unspecified atom stereocenters. The van der Waals surface area contributed by atoms with Crippen LogP contribution in [0.1, 0.15) is 42.3 Å². The van der Waals surface area contributed by atoms with Gasteiger partial charge in [0, 0.05) is 60.9 Å². The molecule has 53 heavy (non-hydrogen) atoms. The zero-order valence-electron chi connectivity index (χ0n) is 30.9. The molecule has 280 valence electrons. The second-order valence-corrected chi connectivity index (χ2v) is 14.0. The third-order valence-electron chi connectivity index (χ3n) is 9.56. The van der Waals surface area contributed by atoms with Crippen molar-refractivity contribution in [2.75, 3.05) is 46.9 Å². The number of nitrogens with one attached hydrogen (secondary N) is 3. The first-order valence-corrected chi connectivity index (χ1v) is 18.2. The molecule has 6 rings (SSSR count). The van der Waals surface area contributed by atoms with Crippen molar-refractivity contribution in [1.82, 2.24) is 25.4 Å². The Morgan fingerprint density at radius 3 is 2.42 bits per heavy atom. The standard InChI is InChI=1S/C32H38ClN5O6.C9H10/c1-18(2)44-27-8-5-19(9-28(27)43-4)32(42)38-15-21-14-37(17-25(24(21)16-38)31(41)36-13-29(39)34-3)30(40)10-20-12-35-26-11-22(33)6-7-23(20)26;1-2-6-9-7-4-3-5-8-9/h5-9,11-12,18,21,24-25,35H,10,13-17H2,1-4H3,(H,34,39)(H,36,41);2-8H,1H3/b;6-2+. The predicted octanol–water partition coefficient (Wildman–Crippen LogP) is 5.59. The fraction of sp³-hybridized carbons (Fsp3) is 0.366. The van der Waals surface area contributed by atoms with E-state index in [-0.39, 0.29) is 61.1 Å². The van der Waals surface area contributed by atoms with Crippen LogP contribution < -0.4 is 20.1 Å². The van der Waals surface area contributed by atoms with Crippen molar-refractivity contribution in [1.29, 1.82) is 0 Å². The second-order valence-electron chi connectivity index (χ2n) is 13.6. The minimum atomic E-state index is -0.585. The Balaban J connectivity index is 0.000000526. The maximum Gasteiger partial charge on any atom is 0.254 e. The van der Waals surface area contributed by atoms with Gasteiger partial charge < -0.3 is 34.9 Å². The van der Waals surface area contributed by atoms with E-state index in [1.807, 2.05) is 57.2 Å². The topological polar surface area (TPSA) is 133 Å². The number of rotatable bonds is 10. The van der Waals surface area contributed by atoms with Crippen molar-refractivity contribution in [3.8, 4) is 11.5 Å². The van der Waals surface area contributed by atoms with Crippen molar-refractivity contribution in [2.24, 2.45) is 17.8 Å². The molecule has 0 spiro atoms. The van der Waals surface area contributed by atoms with Crippen LogP contribution in [-0.4, -0.2) is 91.4 Å². The average Bonchev–Trinajstić information content (AvgIpc) is 3.77. The summed E-state index contributed by atoms with van der Waals surface area (Å²) < 4.78 is 11.3. The van der Waals surface area contributed by atoms with E-state index >= 15 is 0 Å². The number of hydrogen-bond acceptors (Lipinski definition) is 6. The summed E-state index contributed by atoms with van der Waals surface area (Å²) in [5.74, 6) is -0.786. The number of piperidine rings is 1. The molecule has 2 aliphatic heterocycles. The van der Waals surface area contributed by atoms with E-state index in [0.29, 0.717) is 41.7 Å². The number of nitrogens with zero attached hydrogens (tertiary/aromatic N) is 2. The Morgan fingerprint density at radius 2 is 1.72 bits per heavy atom. The number of benzene rings is 3. The number of ether oxygens (including phenoxy) is 2. The largest absolute Gasteiger partial charge is 0.493 e. The predicted molar refractivity (Wildman–Crippen MR) is 207 cm³/mol. The van der Waals surface area contributed by atoms with Gasteiger partial charge >= 0.3 is 0 Å². The second kappa shape index (κ2) is 18.0. The molecule has 2 saturated heterocycles. The van der Waals surface area contributed by atoms with E-state index in [9.17, 15) is 19.2 Å². The molecule has 0 bridgehead atoms. The van der Waals surface area contributed by atoms with Gasteiger partial charge in [0.1, 0.15) is 0 Å². The Bertz CT molecular complexity index is 1940. The summed E-state index contributed by atoms with van der Waals surface area (Å²) in [7, 11) is 3.03. The quantitative estimate of drug-likeness (QED) is 0.194. The molecule has 11 nitrogen and oxygen atoms in total. The molecule has 0 radical (unpaired) electrons. The van der Waals surface area contributed by atoms with Gasteiger partial charge in [0.25, 0.3) is 5.91 Å². The Morgan fingerprint density at radius 1 is 0.962 bits per heavy atom. The van der Waals surface area contributed by atoms with Crippen molar-refractivity contribution in [2.45, 2.75) is 33.3 Å². The Kier molecular flexibility index (Phi) is 13.2. The van der Waals surface area contributed by atoms with Crippen LogP contribution in [0.2, 0.25) is 5.02 Å². The number of hydrogen-bond donors (Lipinski definition) is 3. The average molecular weight is 742 g/mol. The molecule has 0 saturated carbocycles. The molecule has 1 aromatic heterocycles. The third kappa shape index (κ3) is 9.78. The smallest absolute Gasteiger partial charge is 0.254 e. The van der Waals surface area contributed by atoms with E-state index < -0.39 is 5.92 Å². The molecule has 0 aliphatic carbocycles. The molecule has 3 aromatic carbocycles. The third-order valence-corrected chi connectivity index (χ3v) is 9.80. The number of allylic oxidation sites excluding steroid dienone is 1. The van der Waals surface area contributed by atoms with E-state index in [0.717, 1.165) is 16.5 Å². The summed E-state index contributed by atoms with van der Waals surface area (Å²) in [6.45, 7) is 7.06. The molecule has 4 aromatic rings.